The number of amides is 2. The van der Waals surface area contributed by atoms with Crippen molar-refractivity contribution in [3.05, 3.63) is 77.2 Å². The van der Waals surface area contributed by atoms with Crippen molar-refractivity contribution in [2.24, 2.45) is 0 Å². The number of hydrogen-bond acceptors (Lipinski definition) is 4. The standard InChI is InChI=1S/C26H30FN5O/c1-4-23-22(18-19-10-12-21(27)13-11-19)25(29-24(28-23)20-8-6-5-7-9-20)31-14-16-32(17-15-31)26(33)30(2)3/h5-13H,4,14-18H2,1-3H3. The number of aryl methyl sites for hydroxylation is 1. The van der Waals surface area contributed by atoms with E-state index in [1.807, 2.05) is 47.4 Å². The number of anilines is 1. The van der Waals surface area contributed by atoms with Gasteiger partial charge in [-0.1, -0.05) is 49.4 Å². The topological polar surface area (TPSA) is 52.6 Å². The second-order valence-electron chi connectivity index (χ2n) is 8.47. The summed E-state index contributed by atoms with van der Waals surface area (Å²) in [5.41, 5.74) is 4.05. The van der Waals surface area contributed by atoms with Crippen molar-refractivity contribution in [2.45, 2.75) is 19.8 Å². The fourth-order valence-electron chi connectivity index (χ4n) is 4.17. The number of carbonyl (C=O) groups excluding carboxylic acids is 1. The predicted octanol–water partition coefficient (Wildman–Crippen LogP) is 4.24. The molecule has 2 heterocycles. The average molecular weight is 448 g/mol. The van der Waals surface area contributed by atoms with Crippen LogP contribution in [0.5, 0.6) is 0 Å². The molecule has 1 aromatic heterocycles. The maximum Gasteiger partial charge on any atom is 0.319 e. The van der Waals surface area contributed by atoms with E-state index in [2.05, 4.69) is 11.8 Å². The van der Waals surface area contributed by atoms with Gasteiger partial charge in [-0.15, -0.1) is 0 Å². The molecule has 172 valence electrons. The van der Waals surface area contributed by atoms with Gasteiger partial charge in [0.1, 0.15) is 11.6 Å². The monoisotopic (exact) mass is 447 g/mol. The molecule has 4 rings (SSSR count). The number of aromatic nitrogens is 2. The highest BCUT2D eigenvalue weighted by atomic mass is 19.1. The SMILES string of the molecule is CCc1nc(-c2ccccc2)nc(N2CCN(C(=O)N(C)C)CC2)c1Cc1ccc(F)cc1. The van der Waals surface area contributed by atoms with Crippen LogP contribution in [0.3, 0.4) is 0 Å². The molecule has 0 saturated carbocycles. The Morgan fingerprint density at radius 2 is 1.64 bits per heavy atom. The third-order valence-corrected chi connectivity index (χ3v) is 5.96. The number of hydrogen-bond donors (Lipinski definition) is 0. The minimum Gasteiger partial charge on any atom is -0.353 e. The number of benzene rings is 2. The lowest BCUT2D eigenvalue weighted by atomic mass is 10.0. The molecule has 2 amide bonds. The maximum atomic E-state index is 13.5. The summed E-state index contributed by atoms with van der Waals surface area (Å²) in [5, 5.41) is 0. The van der Waals surface area contributed by atoms with Crippen molar-refractivity contribution >= 4 is 11.8 Å². The largest absolute Gasteiger partial charge is 0.353 e. The van der Waals surface area contributed by atoms with Gasteiger partial charge in [0.2, 0.25) is 0 Å². The van der Waals surface area contributed by atoms with Crippen molar-refractivity contribution in [3.63, 3.8) is 0 Å². The molecule has 33 heavy (non-hydrogen) atoms. The highest BCUT2D eigenvalue weighted by molar-refractivity contribution is 5.74. The Bertz CT molecular complexity index is 1090. The number of halogens is 1. The summed E-state index contributed by atoms with van der Waals surface area (Å²) in [6.45, 7) is 4.77. The number of piperazine rings is 1. The Morgan fingerprint density at radius 3 is 2.24 bits per heavy atom. The van der Waals surface area contributed by atoms with Crippen molar-refractivity contribution in [3.8, 4) is 11.4 Å². The Balaban J connectivity index is 1.72. The fraction of sp³-hybridized carbons (Fsp3) is 0.346. The summed E-state index contributed by atoms with van der Waals surface area (Å²) in [6.07, 6.45) is 1.40. The molecule has 0 aliphatic carbocycles. The highest BCUT2D eigenvalue weighted by Crippen LogP contribution is 2.29. The zero-order valence-electron chi connectivity index (χ0n) is 19.5. The van der Waals surface area contributed by atoms with Crippen LogP contribution in [0.4, 0.5) is 15.0 Å². The Morgan fingerprint density at radius 1 is 0.970 bits per heavy atom. The molecular formula is C26H30FN5O. The molecule has 3 aromatic rings. The summed E-state index contributed by atoms with van der Waals surface area (Å²) < 4.78 is 13.5. The van der Waals surface area contributed by atoms with Crippen molar-refractivity contribution in [1.29, 1.82) is 0 Å². The number of rotatable bonds is 5. The van der Waals surface area contributed by atoms with Crippen LogP contribution >= 0.6 is 0 Å². The first-order valence-electron chi connectivity index (χ1n) is 11.4. The molecule has 2 aromatic carbocycles. The van der Waals surface area contributed by atoms with Gasteiger partial charge in [0.05, 0.1) is 0 Å². The first kappa shape index (κ1) is 22.7. The van der Waals surface area contributed by atoms with Gasteiger partial charge in [-0.25, -0.2) is 19.2 Å². The van der Waals surface area contributed by atoms with Crippen LogP contribution < -0.4 is 4.90 Å². The van der Waals surface area contributed by atoms with E-state index >= 15 is 0 Å². The Kier molecular flexibility index (Phi) is 6.87. The summed E-state index contributed by atoms with van der Waals surface area (Å²) in [7, 11) is 3.55. The second-order valence-corrected chi connectivity index (χ2v) is 8.47. The van der Waals surface area contributed by atoms with Gasteiger partial charge >= 0.3 is 6.03 Å². The van der Waals surface area contributed by atoms with Crippen molar-refractivity contribution in [1.82, 2.24) is 19.8 Å². The first-order valence-corrected chi connectivity index (χ1v) is 11.4. The van der Waals surface area contributed by atoms with Gasteiger partial charge in [-0.05, 0) is 24.1 Å². The molecule has 0 spiro atoms. The zero-order valence-corrected chi connectivity index (χ0v) is 19.5. The van der Waals surface area contributed by atoms with E-state index in [0.717, 1.165) is 34.6 Å². The number of urea groups is 1. The summed E-state index contributed by atoms with van der Waals surface area (Å²) in [4.78, 5) is 28.1. The van der Waals surface area contributed by atoms with Gasteiger partial charge in [0.25, 0.3) is 0 Å². The molecule has 0 atom stereocenters. The lowest BCUT2D eigenvalue weighted by Crippen LogP contribution is -2.52. The van der Waals surface area contributed by atoms with Crippen LogP contribution in [0.25, 0.3) is 11.4 Å². The molecule has 6 nitrogen and oxygen atoms in total. The summed E-state index contributed by atoms with van der Waals surface area (Å²) >= 11 is 0. The normalized spacial score (nSPS) is 13.8. The van der Waals surface area contributed by atoms with E-state index in [0.29, 0.717) is 38.4 Å². The molecule has 1 aliphatic rings. The lowest BCUT2D eigenvalue weighted by molar-refractivity contribution is 0.168. The van der Waals surface area contributed by atoms with Crippen LogP contribution in [0, 0.1) is 5.82 Å². The Labute approximate surface area is 194 Å². The lowest BCUT2D eigenvalue weighted by Gasteiger charge is -2.37. The molecule has 1 fully saturated rings. The number of nitrogens with zero attached hydrogens (tertiary/aromatic N) is 5. The first-order chi connectivity index (χ1) is 16.0. The van der Waals surface area contributed by atoms with E-state index in [4.69, 9.17) is 9.97 Å². The van der Waals surface area contributed by atoms with E-state index in [-0.39, 0.29) is 11.8 Å². The van der Waals surface area contributed by atoms with Gasteiger partial charge in [-0.2, -0.15) is 0 Å². The van der Waals surface area contributed by atoms with Crippen LogP contribution in [0.2, 0.25) is 0 Å². The molecule has 0 N–H and O–H groups in total. The van der Waals surface area contributed by atoms with Crippen LogP contribution in [-0.2, 0) is 12.8 Å². The molecule has 0 bridgehead atoms. The third kappa shape index (κ3) is 5.13. The number of carbonyl (C=O) groups is 1. The quantitative estimate of drug-likeness (QED) is 0.587. The van der Waals surface area contributed by atoms with Gasteiger partial charge < -0.3 is 14.7 Å². The van der Waals surface area contributed by atoms with E-state index < -0.39 is 0 Å². The summed E-state index contributed by atoms with van der Waals surface area (Å²) in [6, 6.07) is 16.6. The molecule has 0 unspecified atom stereocenters. The third-order valence-electron chi connectivity index (χ3n) is 5.96. The van der Waals surface area contributed by atoms with Crippen LogP contribution in [0.1, 0.15) is 23.7 Å². The average Bonchev–Trinajstić information content (AvgIpc) is 2.85. The minimum absolute atomic E-state index is 0.0306. The smallest absolute Gasteiger partial charge is 0.319 e. The Hall–Kier alpha value is -3.48. The predicted molar refractivity (Wildman–Crippen MR) is 129 cm³/mol. The van der Waals surface area contributed by atoms with Gasteiger partial charge in [0.15, 0.2) is 5.82 Å². The molecular weight excluding hydrogens is 417 g/mol. The fourth-order valence-corrected chi connectivity index (χ4v) is 4.17. The second kappa shape index (κ2) is 9.98. The van der Waals surface area contributed by atoms with Crippen LogP contribution in [-0.4, -0.2) is 66.1 Å². The molecule has 7 heteroatoms. The highest BCUT2D eigenvalue weighted by Gasteiger charge is 2.26. The van der Waals surface area contributed by atoms with Crippen molar-refractivity contribution in [2.75, 3.05) is 45.2 Å². The van der Waals surface area contributed by atoms with Gasteiger partial charge in [-0.3, -0.25) is 0 Å². The van der Waals surface area contributed by atoms with E-state index in [1.165, 1.54) is 12.1 Å². The van der Waals surface area contributed by atoms with E-state index in [9.17, 15) is 9.18 Å². The summed E-state index contributed by atoms with van der Waals surface area (Å²) in [5.74, 6) is 1.37. The zero-order chi connectivity index (χ0) is 23.4. The maximum absolute atomic E-state index is 13.5. The molecule has 1 aliphatic heterocycles. The minimum atomic E-state index is -0.243. The van der Waals surface area contributed by atoms with E-state index in [1.54, 1.807) is 19.0 Å². The van der Waals surface area contributed by atoms with Crippen molar-refractivity contribution < 1.29 is 9.18 Å². The molecule has 0 radical (unpaired) electrons. The van der Waals surface area contributed by atoms with Crippen LogP contribution in [0.15, 0.2) is 54.6 Å². The molecule has 1 saturated heterocycles. The van der Waals surface area contributed by atoms with Gasteiger partial charge in [0, 0.05) is 63.5 Å².